The van der Waals surface area contributed by atoms with E-state index in [4.69, 9.17) is 9.47 Å². The van der Waals surface area contributed by atoms with Gasteiger partial charge in [-0.2, -0.15) is 20.1 Å². The van der Waals surface area contributed by atoms with Gasteiger partial charge in [-0.25, -0.2) is 9.82 Å². The van der Waals surface area contributed by atoms with Gasteiger partial charge in [0.05, 0.1) is 19.9 Å². The van der Waals surface area contributed by atoms with Gasteiger partial charge in [-0.05, 0) is 74.2 Å². The second-order valence-corrected chi connectivity index (χ2v) is 7.68. The van der Waals surface area contributed by atoms with Gasteiger partial charge >= 0.3 is 0 Å². The Morgan fingerprint density at radius 3 is 2.46 bits per heavy atom. The molecule has 0 spiro atoms. The van der Waals surface area contributed by atoms with Gasteiger partial charge in [0.2, 0.25) is 17.8 Å². The maximum absolute atomic E-state index is 13.3. The Hall–Kier alpha value is -3.66. The second-order valence-electron chi connectivity index (χ2n) is 7.68. The molecule has 2 heterocycles. The highest BCUT2D eigenvalue weighted by Gasteiger charge is 2.16. The Kier molecular flexibility index (Phi) is 9.42. The molecular formula is C24H29ClFN7O2. The Morgan fingerprint density at radius 1 is 1.00 bits per heavy atom. The summed E-state index contributed by atoms with van der Waals surface area (Å²) in [6.07, 6.45) is 5.03. The number of hydrogen-bond donors (Lipinski definition) is 2. The van der Waals surface area contributed by atoms with E-state index in [1.807, 2.05) is 25.1 Å². The highest BCUT2D eigenvalue weighted by atomic mass is 35.5. The van der Waals surface area contributed by atoms with Crippen molar-refractivity contribution in [2.24, 2.45) is 5.10 Å². The molecule has 1 aliphatic rings. The van der Waals surface area contributed by atoms with Gasteiger partial charge in [-0.15, -0.1) is 12.4 Å². The fraction of sp³-hybridized carbons (Fsp3) is 0.333. The number of halogens is 2. The second kappa shape index (κ2) is 12.7. The fourth-order valence-corrected chi connectivity index (χ4v) is 3.57. The van der Waals surface area contributed by atoms with Crippen LogP contribution in [0.4, 0.5) is 27.9 Å². The zero-order valence-corrected chi connectivity index (χ0v) is 20.5. The molecule has 0 atom stereocenters. The van der Waals surface area contributed by atoms with E-state index < -0.39 is 0 Å². The number of benzene rings is 2. The molecule has 1 aliphatic heterocycles. The van der Waals surface area contributed by atoms with Crippen LogP contribution in [0.15, 0.2) is 47.6 Å². The van der Waals surface area contributed by atoms with Crippen LogP contribution in [0.3, 0.4) is 0 Å². The first kappa shape index (κ1) is 26.0. The number of hydrogen-bond acceptors (Lipinski definition) is 9. The van der Waals surface area contributed by atoms with Crippen LogP contribution in [0.1, 0.15) is 31.7 Å². The van der Waals surface area contributed by atoms with E-state index in [0.29, 0.717) is 41.6 Å². The maximum atomic E-state index is 13.3. The molecule has 1 fully saturated rings. The zero-order valence-electron chi connectivity index (χ0n) is 19.7. The third-order valence-corrected chi connectivity index (χ3v) is 5.23. The lowest BCUT2D eigenvalue weighted by Crippen LogP contribution is -2.31. The van der Waals surface area contributed by atoms with E-state index in [9.17, 15) is 4.39 Å². The standard InChI is InChI=1S/C24H28FN7O2.ClH/c1-3-34-20-12-7-17(15-21(20)33-2)16-26-31-23-28-22(27-19-10-8-18(25)9-11-19)29-24(30-23)32-13-5-4-6-14-32;/h7-12,15-16H,3-6,13-14H2,1-2H3,(H2,27,28,29,30,31);1H/b26-16+;. The third kappa shape index (κ3) is 7.16. The summed E-state index contributed by atoms with van der Waals surface area (Å²) in [5.41, 5.74) is 4.39. The van der Waals surface area contributed by atoms with Gasteiger partial charge in [0.25, 0.3) is 0 Å². The summed E-state index contributed by atoms with van der Waals surface area (Å²) in [5, 5.41) is 7.40. The van der Waals surface area contributed by atoms with Gasteiger partial charge < -0.3 is 19.7 Å². The van der Waals surface area contributed by atoms with Crippen LogP contribution in [0.25, 0.3) is 0 Å². The average molecular weight is 502 g/mol. The molecule has 0 saturated carbocycles. The first-order chi connectivity index (χ1) is 16.6. The number of nitrogens with zero attached hydrogens (tertiary/aromatic N) is 5. The largest absolute Gasteiger partial charge is 0.493 e. The summed E-state index contributed by atoms with van der Waals surface area (Å²) in [6, 6.07) is 11.6. The molecular weight excluding hydrogens is 473 g/mol. The molecule has 0 radical (unpaired) electrons. The zero-order chi connectivity index (χ0) is 23.8. The number of rotatable bonds is 9. The summed E-state index contributed by atoms with van der Waals surface area (Å²) in [6.45, 7) is 4.24. The molecule has 186 valence electrons. The SMILES string of the molecule is CCOc1ccc(/C=N/Nc2nc(Nc3ccc(F)cc3)nc(N3CCCCC3)n2)cc1OC.Cl. The van der Waals surface area contributed by atoms with E-state index in [1.54, 1.807) is 25.5 Å². The van der Waals surface area contributed by atoms with Crippen LogP contribution >= 0.6 is 12.4 Å². The lowest BCUT2D eigenvalue weighted by Gasteiger charge is -2.26. The molecule has 35 heavy (non-hydrogen) atoms. The summed E-state index contributed by atoms with van der Waals surface area (Å²) >= 11 is 0. The lowest BCUT2D eigenvalue weighted by molar-refractivity contribution is 0.311. The molecule has 0 amide bonds. The lowest BCUT2D eigenvalue weighted by atomic mass is 10.1. The molecule has 4 rings (SSSR count). The predicted molar refractivity (Wildman–Crippen MR) is 138 cm³/mol. The number of anilines is 4. The predicted octanol–water partition coefficient (Wildman–Crippen LogP) is 5.02. The van der Waals surface area contributed by atoms with Crippen molar-refractivity contribution in [3.63, 3.8) is 0 Å². The van der Waals surface area contributed by atoms with Crippen LogP contribution in [0.5, 0.6) is 11.5 Å². The topological polar surface area (TPSA) is 96.8 Å². The Labute approximate surface area is 210 Å². The Morgan fingerprint density at radius 2 is 1.74 bits per heavy atom. The van der Waals surface area contributed by atoms with Crippen molar-refractivity contribution in [1.29, 1.82) is 0 Å². The summed E-state index contributed by atoms with van der Waals surface area (Å²) < 4.78 is 24.2. The quantitative estimate of drug-likeness (QED) is 0.311. The maximum Gasteiger partial charge on any atom is 0.250 e. The van der Waals surface area contributed by atoms with Gasteiger partial charge in [-0.3, -0.25) is 0 Å². The molecule has 1 aromatic heterocycles. The normalized spacial score (nSPS) is 13.3. The van der Waals surface area contributed by atoms with E-state index in [2.05, 4.69) is 35.7 Å². The molecule has 0 unspecified atom stereocenters. The molecule has 0 aliphatic carbocycles. The van der Waals surface area contributed by atoms with E-state index in [0.717, 1.165) is 31.5 Å². The van der Waals surface area contributed by atoms with Gasteiger partial charge in [0.1, 0.15) is 5.82 Å². The average Bonchev–Trinajstić information content (AvgIpc) is 2.87. The minimum absolute atomic E-state index is 0. The van der Waals surface area contributed by atoms with Crippen LogP contribution in [-0.4, -0.2) is 48.0 Å². The molecule has 3 aromatic rings. The van der Waals surface area contributed by atoms with Crippen LogP contribution in [0.2, 0.25) is 0 Å². The fourth-order valence-electron chi connectivity index (χ4n) is 3.57. The third-order valence-electron chi connectivity index (χ3n) is 5.23. The molecule has 9 nitrogen and oxygen atoms in total. The molecule has 2 N–H and O–H groups in total. The van der Waals surface area contributed by atoms with Crippen molar-refractivity contribution in [1.82, 2.24) is 15.0 Å². The van der Waals surface area contributed by atoms with Crippen LogP contribution in [0, 0.1) is 5.82 Å². The Bertz CT molecular complexity index is 1130. The van der Waals surface area contributed by atoms with Crippen LogP contribution in [-0.2, 0) is 0 Å². The van der Waals surface area contributed by atoms with Crippen molar-refractivity contribution < 1.29 is 13.9 Å². The minimum Gasteiger partial charge on any atom is -0.493 e. The number of nitrogens with one attached hydrogen (secondary N) is 2. The molecule has 1 saturated heterocycles. The van der Waals surface area contributed by atoms with E-state index in [-0.39, 0.29) is 18.2 Å². The summed E-state index contributed by atoms with van der Waals surface area (Å²) in [7, 11) is 1.60. The number of aromatic nitrogens is 3. The highest BCUT2D eigenvalue weighted by Crippen LogP contribution is 2.27. The smallest absolute Gasteiger partial charge is 0.250 e. The first-order valence-corrected chi connectivity index (χ1v) is 11.3. The highest BCUT2D eigenvalue weighted by molar-refractivity contribution is 5.85. The summed E-state index contributed by atoms with van der Waals surface area (Å²) in [5.74, 6) is 2.22. The van der Waals surface area contributed by atoms with Crippen LogP contribution < -0.4 is 25.1 Å². The number of piperidine rings is 1. The van der Waals surface area contributed by atoms with Crippen molar-refractivity contribution in [2.45, 2.75) is 26.2 Å². The van der Waals surface area contributed by atoms with Crippen molar-refractivity contribution in [3.05, 3.63) is 53.8 Å². The van der Waals surface area contributed by atoms with Gasteiger partial charge in [0.15, 0.2) is 11.5 Å². The minimum atomic E-state index is -0.308. The molecule has 2 aromatic carbocycles. The number of hydrazone groups is 1. The van der Waals surface area contributed by atoms with E-state index >= 15 is 0 Å². The molecule has 0 bridgehead atoms. The van der Waals surface area contributed by atoms with Gasteiger partial charge in [0, 0.05) is 18.8 Å². The number of methoxy groups -OCH3 is 1. The summed E-state index contributed by atoms with van der Waals surface area (Å²) in [4.78, 5) is 15.7. The Balaban J connectivity index is 0.00000342. The van der Waals surface area contributed by atoms with Crippen molar-refractivity contribution >= 4 is 42.2 Å². The number of ether oxygens (including phenoxy) is 2. The van der Waals surface area contributed by atoms with E-state index in [1.165, 1.54) is 18.6 Å². The van der Waals surface area contributed by atoms with Gasteiger partial charge in [-0.1, -0.05) is 0 Å². The molecule has 11 heteroatoms. The first-order valence-electron chi connectivity index (χ1n) is 11.3. The van der Waals surface area contributed by atoms with Crippen molar-refractivity contribution in [3.8, 4) is 11.5 Å². The monoisotopic (exact) mass is 501 g/mol. The van der Waals surface area contributed by atoms with Crippen molar-refractivity contribution in [2.75, 3.05) is 42.4 Å².